The van der Waals surface area contributed by atoms with E-state index < -0.39 is 24.5 Å². The van der Waals surface area contributed by atoms with Crippen LogP contribution >= 0.6 is 0 Å². The molecule has 0 aliphatic heterocycles. The fourth-order valence-electron chi connectivity index (χ4n) is 3.71. The Bertz CT molecular complexity index is 1160. The lowest BCUT2D eigenvalue weighted by Gasteiger charge is -2.13. The van der Waals surface area contributed by atoms with E-state index in [2.05, 4.69) is 10.3 Å². The van der Waals surface area contributed by atoms with Gasteiger partial charge in [-0.25, -0.2) is 9.59 Å². The lowest BCUT2D eigenvalue weighted by Crippen LogP contribution is -2.23. The van der Waals surface area contributed by atoms with Crippen LogP contribution < -0.4 is 5.32 Å². The van der Waals surface area contributed by atoms with Gasteiger partial charge in [-0.3, -0.25) is 9.78 Å². The van der Waals surface area contributed by atoms with Gasteiger partial charge < -0.3 is 14.8 Å². The Balaban J connectivity index is 1.51. The topological polar surface area (TPSA) is 94.6 Å². The van der Waals surface area contributed by atoms with Gasteiger partial charge in [0.05, 0.1) is 29.4 Å². The zero-order chi connectivity index (χ0) is 21.1. The van der Waals surface area contributed by atoms with E-state index in [1.165, 1.54) is 7.11 Å². The van der Waals surface area contributed by atoms with Gasteiger partial charge in [0.2, 0.25) is 0 Å². The highest BCUT2D eigenvalue weighted by atomic mass is 16.5. The molecular weight excluding hydrogens is 384 g/mol. The zero-order valence-corrected chi connectivity index (χ0v) is 16.4. The van der Waals surface area contributed by atoms with Crippen LogP contribution in [0, 0.1) is 0 Å². The minimum absolute atomic E-state index is 0.220. The van der Waals surface area contributed by atoms with Gasteiger partial charge in [-0.2, -0.15) is 0 Å². The predicted molar refractivity (Wildman–Crippen MR) is 110 cm³/mol. The smallest absolute Gasteiger partial charge is 0.339 e. The predicted octanol–water partition coefficient (Wildman–Crippen LogP) is 3.31. The third kappa shape index (κ3) is 3.74. The largest absolute Gasteiger partial charge is 0.465 e. The number of hydrogen-bond acceptors (Lipinski definition) is 6. The van der Waals surface area contributed by atoms with Crippen LogP contribution in [0.2, 0.25) is 0 Å². The summed E-state index contributed by atoms with van der Waals surface area (Å²) in [6.45, 7) is -0.472. The van der Waals surface area contributed by atoms with Crippen molar-refractivity contribution in [3.63, 3.8) is 0 Å². The molecule has 0 saturated heterocycles. The molecule has 0 atom stereocenters. The monoisotopic (exact) mass is 404 g/mol. The first-order valence-electron chi connectivity index (χ1n) is 9.63. The van der Waals surface area contributed by atoms with Gasteiger partial charge >= 0.3 is 11.9 Å². The molecule has 1 aliphatic carbocycles. The fraction of sp³-hybridized carbons (Fsp3) is 0.217. The van der Waals surface area contributed by atoms with Crippen LogP contribution in [0.4, 0.5) is 5.69 Å². The number of nitrogens with one attached hydrogen (secondary N) is 1. The van der Waals surface area contributed by atoms with E-state index in [1.54, 1.807) is 24.3 Å². The van der Waals surface area contributed by atoms with Gasteiger partial charge in [-0.15, -0.1) is 0 Å². The quantitative estimate of drug-likeness (QED) is 0.656. The second-order valence-corrected chi connectivity index (χ2v) is 6.94. The van der Waals surface area contributed by atoms with Crippen LogP contribution in [0.5, 0.6) is 0 Å². The molecule has 1 aliphatic rings. The number of benzene rings is 2. The van der Waals surface area contributed by atoms with Crippen molar-refractivity contribution < 1.29 is 23.9 Å². The number of para-hydroxylation sites is 2. The number of aryl methyl sites for hydroxylation is 1. The molecule has 0 unspecified atom stereocenters. The number of ether oxygens (including phenoxy) is 2. The molecule has 0 fully saturated rings. The number of anilines is 1. The molecule has 0 radical (unpaired) electrons. The van der Waals surface area contributed by atoms with E-state index in [9.17, 15) is 14.4 Å². The highest BCUT2D eigenvalue weighted by Crippen LogP contribution is 2.30. The number of pyridine rings is 1. The molecule has 3 aromatic rings. The van der Waals surface area contributed by atoms with E-state index in [1.807, 2.05) is 24.3 Å². The number of esters is 2. The summed E-state index contributed by atoms with van der Waals surface area (Å²) in [5.41, 5.74) is 3.54. The molecule has 0 spiro atoms. The summed E-state index contributed by atoms with van der Waals surface area (Å²) in [7, 11) is 1.26. The van der Waals surface area contributed by atoms with Crippen molar-refractivity contribution >= 4 is 34.4 Å². The number of carbonyl (C=O) groups excluding carboxylic acids is 3. The lowest BCUT2D eigenvalue weighted by molar-refractivity contribution is -0.119. The first-order valence-corrected chi connectivity index (χ1v) is 9.63. The first-order chi connectivity index (χ1) is 14.6. The average Bonchev–Trinajstić information content (AvgIpc) is 3.23. The van der Waals surface area contributed by atoms with Gasteiger partial charge in [-0.1, -0.05) is 30.3 Å². The number of nitrogens with zero attached hydrogens (tertiary/aromatic N) is 1. The molecule has 30 heavy (non-hydrogen) atoms. The maximum Gasteiger partial charge on any atom is 0.339 e. The second kappa shape index (κ2) is 8.32. The molecule has 1 amide bonds. The van der Waals surface area contributed by atoms with Crippen LogP contribution in [0.25, 0.3) is 10.9 Å². The minimum atomic E-state index is -0.568. The van der Waals surface area contributed by atoms with E-state index in [0.29, 0.717) is 11.3 Å². The zero-order valence-electron chi connectivity index (χ0n) is 16.4. The fourth-order valence-corrected chi connectivity index (χ4v) is 3.71. The van der Waals surface area contributed by atoms with Crippen molar-refractivity contribution in [3.8, 4) is 0 Å². The van der Waals surface area contributed by atoms with Crippen LogP contribution in [0.3, 0.4) is 0 Å². The summed E-state index contributed by atoms with van der Waals surface area (Å²) < 4.78 is 10.0. The van der Waals surface area contributed by atoms with Crippen molar-refractivity contribution in [2.75, 3.05) is 19.0 Å². The Hall–Kier alpha value is -3.74. The average molecular weight is 404 g/mol. The third-order valence-corrected chi connectivity index (χ3v) is 5.06. The molecule has 0 bridgehead atoms. The molecular formula is C23H20N2O5. The SMILES string of the molecule is COC(=O)c1ccccc1NC(=O)COC(=O)c1c2c(nc3ccccc13)CCC2. The van der Waals surface area contributed by atoms with Crippen LogP contribution in [-0.4, -0.2) is 36.5 Å². The third-order valence-electron chi connectivity index (χ3n) is 5.06. The van der Waals surface area contributed by atoms with Crippen molar-refractivity contribution in [2.24, 2.45) is 0 Å². The maximum atomic E-state index is 12.9. The molecule has 0 saturated carbocycles. The Labute approximate surface area is 173 Å². The summed E-state index contributed by atoms with van der Waals surface area (Å²) >= 11 is 0. The normalized spacial score (nSPS) is 12.3. The van der Waals surface area contributed by atoms with Crippen LogP contribution in [0.15, 0.2) is 48.5 Å². The van der Waals surface area contributed by atoms with E-state index in [0.717, 1.165) is 41.4 Å². The molecule has 7 nitrogen and oxygen atoms in total. The Morgan fingerprint density at radius 3 is 2.60 bits per heavy atom. The molecule has 7 heteroatoms. The second-order valence-electron chi connectivity index (χ2n) is 6.94. The Morgan fingerprint density at radius 2 is 1.77 bits per heavy atom. The number of carbonyl (C=O) groups is 3. The van der Waals surface area contributed by atoms with Gasteiger partial charge in [-0.05, 0) is 43.0 Å². The summed E-state index contributed by atoms with van der Waals surface area (Å²) in [5, 5.41) is 3.31. The Kier molecular flexibility index (Phi) is 5.43. The lowest BCUT2D eigenvalue weighted by atomic mass is 10.0. The summed E-state index contributed by atoms with van der Waals surface area (Å²) in [6.07, 6.45) is 2.52. The number of rotatable bonds is 5. The standard InChI is InChI=1S/C23H20N2O5/c1-29-22(27)16-8-3-5-11-19(16)25-20(26)13-30-23(28)21-14-7-2-4-10-17(14)24-18-12-6-9-15(18)21/h2-5,7-8,10-11H,6,9,12-13H2,1H3,(H,25,26). The molecule has 1 heterocycles. The minimum Gasteiger partial charge on any atom is -0.465 e. The van der Waals surface area contributed by atoms with E-state index in [4.69, 9.17) is 9.47 Å². The summed E-state index contributed by atoms with van der Waals surface area (Å²) in [4.78, 5) is 41.7. The Morgan fingerprint density at radius 1 is 1.00 bits per heavy atom. The van der Waals surface area contributed by atoms with Gasteiger partial charge in [0.25, 0.3) is 5.91 Å². The highest BCUT2D eigenvalue weighted by Gasteiger charge is 2.25. The molecule has 152 valence electrons. The number of methoxy groups -OCH3 is 1. The summed E-state index contributed by atoms with van der Waals surface area (Å²) in [5.74, 6) is -1.67. The van der Waals surface area contributed by atoms with Gasteiger partial charge in [0.1, 0.15) is 0 Å². The maximum absolute atomic E-state index is 12.9. The number of fused-ring (bicyclic) bond motifs is 2. The molecule has 1 N–H and O–H groups in total. The highest BCUT2D eigenvalue weighted by molar-refractivity contribution is 6.06. The number of amides is 1. The van der Waals surface area contributed by atoms with Crippen LogP contribution in [-0.2, 0) is 27.1 Å². The molecule has 2 aromatic carbocycles. The van der Waals surface area contributed by atoms with Gasteiger partial charge in [0, 0.05) is 11.1 Å². The molecule has 4 rings (SSSR count). The van der Waals surface area contributed by atoms with Crippen molar-refractivity contribution in [1.82, 2.24) is 4.98 Å². The van der Waals surface area contributed by atoms with E-state index in [-0.39, 0.29) is 5.56 Å². The number of hydrogen-bond donors (Lipinski definition) is 1. The summed E-state index contributed by atoms with van der Waals surface area (Å²) in [6, 6.07) is 13.9. The van der Waals surface area contributed by atoms with Crippen molar-refractivity contribution in [1.29, 1.82) is 0 Å². The van der Waals surface area contributed by atoms with Gasteiger partial charge in [0.15, 0.2) is 6.61 Å². The van der Waals surface area contributed by atoms with Crippen LogP contribution in [0.1, 0.15) is 38.4 Å². The number of aromatic nitrogens is 1. The first kappa shape index (κ1) is 19.6. The van der Waals surface area contributed by atoms with E-state index >= 15 is 0 Å². The van der Waals surface area contributed by atoms with Crippen molar-refractivity contribution in [3.05, 3.63) is 70.9 Å². The van der Waals surface area contributed by atoms with Crippen molar-refractivity contribution in [2.45, 2.75) is 19.3 Å². The molecule has 1 aromatic heterocycles.